The minimum absolute atomic E-state index is 0.188. The molecule has 38 heavy (non-hydrogen) atoms. The van der Waals surface area contributed by atoms with Gasteiger partial charge in [0.2, 0.25) is 5.95 Å². The maximum Gasteiger partial charge on any atom is 0.227 e. The van der Waals surface area contributed by atoms with Crippen molar-refractivity contribution < 1.29 is 14.9 Å². The zero-order valence-corrected chi connectivity index (χ0v) is 21.3. The molecule has 4 N–H and O–H groups in total. The van der Waals surface area contributed by atoms with E-state index in [1.807, 2.05) is 36.4 Å². The van der Waals surface area contributed by atoms with E-state index in [4.69, 9.17) is 9.84 Å². The van der Waals surface area contributed by atoms with Crippen LogP contribution in [0.2, 0.25) is 0 Å². The van der Waals surface area contributed by atoms with Crippen LogP contribution in [0.4, 0.5) is 11.6 Å². The minimum Gasteiger partial charge on any atom is -0.508 e. The predicted molar refractivity (Wildman–Crippen MR) is 147 cm³/mol. The van der Waals surface area contributed by atoms with E-state index in [1.54, 1.807) is 30.6 Å². The summed E-state index contributed by atoms with van der Waals surface area (Å²) >= 11 is 0. The second-order valence-electron chi connectivity index (χ2n) is 9.22. The Morgan fingerprint density at radius 3 is 2.58 bits per heavy atom. The van der Waals surface area contributed by atoms with Crippen molar-refractivity contribution in [2.75, 3.05) is 57.8 Å². The lowest BCUT2D eigenvalue weighted by Crippen LogP contribution is -2.47. The highest BCUT2D eigenvalue weighted by molar-refractivity contribution is 5.64. The Morgan fingerprint density at radius 2 is 1.76 bits per heavy atom. The van der Waals surface area contributed by atoms with Crippen molar-refractivity contribution in [3.8, 4) is 34.3 Å². The zero-order valence-electron chi connectivity index (χ0n) is 21.3. The molecule has 1 aliphatic heterocycles. The van der Waals surface area contributed by atoms with E-state index in [0.29, 0.717) is 24.1 Å². The highest BCUT2D eigenvalue weighted by Gasteiger charge is 2.15. The number of ether oxygens (including phenoxy) is 1. The Labute approximate surface area is 222 Å². The summed E-state index contributed by atoms with van der Waals surface area (Å²) in [5, 5.41) is 22.1. The number of nitrogens with zero attached hydrogens (tertiary/aromatic N) is 5. The molecule has 0 radical (unpaired) electrons. The van der Waals surface area contributed by atoms with Crippen molar-refractivity contribution in [2.24, 2.45) is 0 Å². The first-order valence-electron chi connectivity index (χ1n) is 12.9. The largest absolute Gasteiger partial charge is 0.508 e. The summed E-state index contributed by atoms with van der Waals surface area (Å²) < 4.78 is 6.00. The third kappa shape index (κ3) is 6.86. The lowest BCUT2D eigenvalue weighted by molar-refractivity contribution is 0.108. The van der Waals surface area contributed by atoms with Crippen molar-refractivity contribution in [1.29, 1.82) is 0 Å². The van der Waals surface area contributed by atoms with E-state index >= 15 is 0 Å². The second-order valence-corrected chi connectivity index (χ2v) is 9.22. The van der Waals surface area contributed by atoms with Gasteiger partial charge in [0.25, 0.3) is 0 Å². The summed E-state index contributed by atoms with van der Waals surface area (Å²) in [6.07, 6.45) is 4.37. The molecule has 0 amide bonds. The van der Waals surface area contributed by atoms with Crippen LogP contribution in [0.25, 0.3) is 22.8 Å². The van der Waals surface area contributed by atoms with Crippen LogP contribution in [0.5, 0.6) is 11.5 Å². The third-order valence-electron chi connectivity index (χ3n) is 6.49. The number of nitrogens with one attached hydrogen (secondary N) is 2. The van der Waals surface area contributed by atoms with Crippen LogP contribution < -0.4 is 10.1 Å². The summed E-state index contributed by atoms with van der Waals surface area (Å²) in [5.41, 5.74) is 3.08. The number of phenols is 1. The van der Waals surface area contributed by atoms with Crippen LogP contribution in [0.3, 0.4) is 0 Å². The summed E-state index contributed by atoms with van der Waals surface area (Å²) in [7, 11) is 0. The number of aromatic amines is 1. The summed E-state index contributed by atoms with van der Waals surface area (Å²) in [5.74, 6) is 2.10. The summed E-state index contributed by atoms with van der Waals surface area (Å²) in [4.78, 5) is 21.4. The molecule has 0 spiro atoms. The number of piperazine rings is 1. The van der Waals surface area contributed by atoms with Gasteiger partial charge in [0.05, 0.1) is 30.8 Å². The zero-order chi connectivity index (χ0) is 26.2. The number of aliphatic hydroxyl groups excluding tert-OH is 1. The molecule has 0 atom stereocenters. The first kappa shape index (κ1) is 25.7. The smallest absolute Gasteiger partial charge is 0.227 e. The summed E-state index contributed by atoms with van der Waals surface area (Å²) in [6, 6.07) is 16.5. The molecule has 2 aromatic heterocycles. The van der Waals surface area contributed by atoms with Gasteiger partial charge in [0.1, 0.15) is 17.3 Å². The normalized spacial score (nSPS) is 14.4. The lowest BCUT2D eigenvalue weighted by atomic mass is 10.2. The molecule has 1 saturated heterocycles. The fraction of sp³-hybridized carbons (Fsp3) is 0.321. The molecule has 1 fully saturated rings. The Balaban J connectivity index is 1.14. The number of rotatable bonds is 11. The fourth-order valence-electron chi connectivity index (χ4n) is 4.47. The molecule has 0 bridgehead atoms. The Morgan fingerprint density at radius 1 is 0.947 bits per heavy atom. The van der Waals surface area contributed by atoms with Crippen molar-refractivity contribution >= 4 is 11.6 Å². The maximum absolute atomic E-state index is 9.74. The van der Waals surface area contributed by atoms with Crippen molar-refractivity contribution in [1.82, 2.24) is 29.7 Å². The Bertz CT molecular complexity index is 1320. The molecule has 0 aliphatic carbocycles. The number of β-amino-alcohol motifs (C(OH)–C–C–N with tert-alkyl or cyclic N) is 1. The van der Waals surface area contributed by atoms with Crippen LogP contribution >= 0.6 is 0 Å². The predicted octanol–water partition coefficient (Wildman–Crippen LogP) is 3.36. The number of hydrogen-bond donors (Lipinski definition) is 4. The van der Waals surface area contributed by atoms with Crippen LogP contribution in [-0.4, -0.2) is 92.4 Å². The molecule has 10 nitrogen and oxygen atoms in total. The highest BCUT2D eigenvalue weighted by atomic mass is 16.5. The number of aliphatic hydroxyl groups is 1. The molecule has 4 aromatic rings. The van der Waals surface area contributed by atoms with Gasteiger partial charge in [-0.3, -0.25) is 4.90 Å². The molecule has 5 rings (SSSR count). The van der Waals surface area contributed by atoms with E-state index in [9.17, 15) is 5.11 Å². The average Bonchev–Trinajstić information content (AvgIpc) is 3.43. The van der Waals surface area contributed by atoms with Crippen LogP contribution in [0.1, 0.15) is 6.42 Å². The van der Waals surface area contributed by atoms with Gasteiger partial charge in [-0.2, -0.15) is 0 Å². The Kier molecular flexibility index (Phi) is 8.44. The standard InChI is InChI=1S/C28H33N7O3/c36-16-15-35-13-11-34(12-14-35)10-3-17-38-24-7-2-5-22(19-24)31-28-29-9-8-25(33-28)26-20-30-27(32-26)21-4-1-6-23(37)18-21/h1-2,4-9,18-20,36-37H,3,10-17H2,(H,30,32)(H,29,31,33). The van der Waals surface area contributed by atoms with Gasteiger partial charge < -0.3 is 30.2 Å². The molecular weight excluding hydrogens is 482 g/mol. The topological polar surface area (TPSA) is 123 Å². The van der Waals surface area contributed by atoms with Crippen molar-refractivity contribution in [2.45, 2.75) is 6.42 Å². The van der Waals surface area contributed by atoms with Crippen LogP contribution in [0.15, 0.2) is 67.0 Å². The number of hydrogen-bond acceptors (Lipinski definition) is 9. The number of phenolic OH excluding ortho intramolecular Hbond substituents is 1. The van der Waals surface area contributed by atoms with Gasteiger partial charge in [-0.25, -0.2) is 15.0 Å². The first-order valence-corrected chi connectivity index (χ1v) is 12.9. The number of anilines is 2. The lowest BCUT2D eigenvalue weighted by Gasteiger charge is -2.34. The maximum atomic E-state index is 9.74. The van der Waals surface area contributed by atoms with Crippen LogP contribution in [0, 0.1) is 0 Å². The Hall–Kier alpha value is -3.99. The summed E-state index contributed by atoms with van der Waals surface area (Å²) in [6.45, 7) is 6.74. The molecular formula is C28H33N7O3. The fourth-order valence-corrected chi connectivity index (χ4v) is 4.47. The van der Waals surface area contributed by atoms with Gasteiger partial charge in [-0.05, 0) is 36.8 Å². The van der Waals surface area contributed by atoms with Gasteiger partial charge in [-0.15, -0.1) is 0 Å². The van der Waals surface area contributed by atoms with E-state index in [-0.39, 0.29) is 12.4 Å². The SMILES string of the molecule is OCCN1CCN(CCCOc2cccc(Nc3nccc(-c4cnc(-c5cccc(O)c5)[nH]4)n3)c2)CC1. The monoisotopic (exact) mass is 515 g/mol. The second kappa shape index (κ2) is 12.5. The third-order valence-corrected chi connectivity index (χ3v) is 6.49. The minimum atomic E-state index is 0.188. The number of H-pyrrole nitrogens is 1. The van der Waals surface area contributed by atoms with Crippen molar-refractivity contribution in [3.63, 3.8) is 0 Å². The first-order chi connectivity index (χ1) is 18.7. The number of aromatic hydroxyl groups is 1. The molecule has 10 heteroatoms. The van der Waals surface area contributed by atoms with Gasteiger partial charge in [0, 0.05) is 62.8 Å². The van der Waals surface area contributed by atoms with Gasteiger partial charge >= 0.3 is 0 Å². The van der Waals surface area contributed by atoms with Crippen molar-refractivity contribution in [3.05, 3.63) is 67.0 Å². The molecule has 0 unspecified atom stereocenters. The molecule has 2 aromatic carbocycles. The average molecular weight is 516 g/mol. The molecule has 1 aliphatic rings. The van der Waals surface area contributed by atoms with E-state index < -0.39 is 0 Å². The molecule has 198 valence electrons. The molecule has 3 heterocycles. The van der Waals surface area contributed by atoms with E-state index in [2.05, 4.69) is 35.1 Å². The van der Waals surface area contributed by atoms with Gasteiger partial charge in [0.15, 0.2) is 0 Å². The molecule has 0 saturated carbocycles. The van der Waals surface area contributed by atoms with E-state index in [0.717, 1.165) is 68.4 Å². The number of aromatic nitrogens is 4. The highest BCUT2D eigenvalue weighted by Crippen LogP contribution is 2.25. The van der Waals surface area contributed by atoms with Gasteiger partial charge in [-0.1, -0.05) is 18.2 Å². The van der Waals surface area contributed by atoms with E-state index in [1.165, 1.54) is 0 Å². The number of imidazole rings is 1. The number of benzene rings is 2. The quantitative estimate of drug-likeness (QED) is 0.223. The van der Waals surface area contributed by atoms with Crippen LogP contribution in [-0.2, 0) is 0 Å².